The van der Waals surface area contributed by atoms with Gasteiger partial charge >= 0.3 is 0 Å². The minimum Gasteiger partial charge on any atom is -0.394 e. The highest BCUT2D eigenvalue weighted by Gasteiger charge is 2.27. The van der Waals surface area contributed by atoms with Gasteiger partial charge in [0, 0.05) is 18.5 Å². The van der Waals surface area contributed by atoms with Gasteiger partial charge in [-0.05, 0) is 62.0 Å². The minimum absolute atomic E-state index is 0.125. The van der Waals surface area contributed by atoms with Crippen LogP contribution in [0.25, 0.3) is 10.9 Å². The molecule has 2 fully saturated rings. The third kappa shape index (κ3) is 3.46. The van der Waals surface area contributed by atoms with Gasteiger partial charge in [0.25, 0.3) is 0 Å². The molecule has 0 spiro atoms. The van der Waals surface area contributed by atoms with Crippen molar-refractivity contribution in [3.8, 4) is 0 Å². The Morgan fingerprint density at radius 2 is 1.92 bits per heavy atom. The molecule has 0 radical (unpaired) electrons. The number of anilines is 1. The molecule has 1 unspecified atom stereocenters. The van der Waals surface area contributed by atoms with E-state index in [-0.39, 0.29) is 17.9 Å². The fourth-order valence-corrected chi connectivity index (χ4v) is 4.34. The lowest BCUT2D eigenvalue weighted by Crippen LogP contribution is -2.33. The Bertz CT molecular complexity index is 748. The van der Waals surface area contributed by atoms with Gasteiger partial charge in [0.05, 0.1) is 18.2 Å². The molecule has 3 heterocycles. The lowest BCUT2D eigenvalue weighted by molar-refractivity contribution is 0.221. The number of hydrogen-bond donors (Lipinski definition) is 1. The molecule has 2 saturated heterocycles. The number of para-hydroxylation sites is 1. The fraction of sp³-hybridized carbons (Fsp3) is 0.579. The average molecular weight is 361 g/mol. The summed E-state index contributed by atoms with van der Waals surface area (Å²) in [5.74, 6) is 0.868. The zero-order valence-corrected chi connectivity index (χ0v) is 15.3. The number of aliphatic hydroxyl groups excluding tert-OH is 1. The molecule has 2 aliphatic heterocycles. The molecule has 1 N–H and O–H groups in total. The molecule has 0 saturated carbocycles. The van der Waals surface area contributed by atoms with Crippen LogP contribution < -0.4 is 4.90 Å². The maximum absolute atomic E-state index is 9.69. The van der Waals surface area contributed by atoms with Crippen molar-refractivity contribution in [3.05, 3.63) is 29.0 Å². The summed E-state index contributed by atoms with van der Waals surface area (Å²) < 4.78 is 0. The summed E-state index contributed by atoms with van der Waals surface area (Å²) in [4.78, 5) is 13.8. The molecule has 25 heavy (non-hydrogen) atoms. The zero-order chi connectivity index (χ0) is 17.2. The number of aromatic nitrogens is 2. The fourth-order valence-electron chi connectivity index (χ4n) is 4.18. The Kier molecular flexibility index (Phi) is 5.06. The molecule has 0 amide bonds. The van der Waals surface area contributed by atoms with Crippen molar-refractivity contribution in [2.24, 2.45) is 0 Å². The third-order valence-corrected chi connectivity index (χ3v) is 5.63. The number of hydrogen-bond acceptors (Lipinski definition) is 5. The molecule has 1 aromatic carbocycles. The van der Waals surface area contributed by atoms with Crippen LogP contribution in [-0.4, -0.2) is 52.3 Å². The number of likely N-dealkylation sites (tertiary alicyclic amines) is 1. The van der Waals surface area contributed by atoms with Crippen molar-refractivity contribution < 1.29 is 5.11 Å². The first-order valence-corrected chi connectivity index (χ1v) is 9.69. The van der Waals surface area contributed by atoms with Crippen LogP contribution in [-0.2, 0) is 6.54 Å². The summed E-state index contributed by atoms with van der Waals surface area (Å²) in [5, 5.41) is 11.0. The van der Waals surface area contributed by atoms with Crippen molar-refractivity contribution in [1.82, 2.24) is 14.9 Å². The lowest BCUT2D eigenvalue weighted by Gasteiger charge is -2.28. The van der Waals surface area contributed by atoms with E-state index >= 15 is 0 Å². The Morgan fingerprint density at radius 1 is 1.08 bits per heavy atom. The van der Waals surface area contributed by atoms with Gasteiger partial charge in [0.15, 0.2) is 0 Å². The molecule has 2 aromatic rings. The summed E-state index contributed by atoms with van der Waals surface area (Å²) in [5.41, 5.74) is 2.16. The molecule has 6 heteroatoms. The van der Waals surface area contributed by atoms with Crippen molar-refractivity contribution in [1.29, 1.82) is 0 Å². The molecule has 0 bridgehead atoms. The van der Waals surface area contributed by atoms with E-state index in [9.17, 15) is 5.11 Å². The van der Waals surface area contributed by atoms with E-state index in [1.165, 1.54) is 24.8 Å². The van der Waals surface area contributed by atoms with Gasteiger partial charge < -0.3 is 10.0 Å². The van der Waals surface area contributed by atoms with E-state index in [1.54, 1.807) is 0 Å². The lowest BCUT2D eigenvalue weighted by atomic mass is 10.1. The van der Waals surface area contributed by atoms with E-state index < -0.39 is 0 Å². The summed E-state index contributed by atoms with van der Waals surface area (Å²) >= 11 is 6.28. The first-order chi connectivity index (χ1) is 12.3. The van der Waals surface area contributed by atoms with E-state index in [4.69, 9.17) is 11.6 Å². The molecular formula is C19H25ClN4O. The second kappa shape index (κ2) is 7.44. The highest BCUT2D eigenvalue weighted by atomic mass is 35.5. The smallest absolute Gasteiger partial charge is 0.224 e. The van der Waals surface area contributed by atoms with E-state index in [0.29, 0.717) is 0 Å². The SMILES string of the molecule is OCC1CCCN1c1nc(Cl)nc2c(CN3CCCCC3)cccc12. The third-order valence-electron chi connectivity index (χ3n) is 5.47. The summed E-state index contributed by atoms with van der Waals surface area (Å²) in [6, 6.07) is 6.44. The van der Waals surface area contributed by atoms with Crippen LogP contribution >= 0.6 is 11.6 Å². The monoisotopic (exact) mass is 360 g/mol. The highest BCUT2D eigenvalue weighted by Crippen LogP contribution is 2.32. The first kappa shape index (κ1) is 17.0. The maximum atomic E-state index is 9.69. The maximum Gasteiger partial charge on any atom is 0.224 e. The molecule has 1 aromatic heterocycles. The van der Waals surface area contributed by atoms with Gasteiger partial charge in [0.2, 0.25) is 5.28 Å². The number of piperidine rings is 1. The topological polar surface area (TPSA) is 52.5 Å². The Hall–Kier alpha value is -1.43. The van der Waals surface area contributed by atoms with Gasteiger partial charge in [-0.25, -0.2) is 4.98 Å². The molecule has 4 rings (SSSR count). The van der Waals surface area contributed by atoms with Crippen molar-refractivity contribution >= 4 is 28.3 Å². The summed E-state index contributed by atoms with van der Waals surface area (Å²) in [6.07, 6.45) is 5.95. The Labute approximate surface area is 153 Å². The number of fused-ring (bicyclic) bond motifs is 1. The largest absolute Gasteiger partial charge is 0.394 e. The number of nitrogens with zero attached hydrogens (tertiary/aromatic N) is 4. The van der Waals surface area contributed by atoms with Gasteiger partial charge in [0.1, 0.15) is 5.82 Å². The molecule has 1 atom stereocenters. The van der Waals surface area contributed by atoms with Crippen molar-refractivity contribution in [2.45, 2.75) is 44.7 Å². The molecular weight excluding hydrogens is 336 g/mol. The standard InChI is InChI=1S/C19H25ClN4O/c20-19-21-17-14(12-23-9-2-1-3-10-23)6-4-8-16(17)18(22-19)24-11-5-7-15(24)13-25/h4,6,8,15,25H,1-3,5,7,9-13H2. The van der Waals surface area contributed by atoms with E-state index in [0.717, 1.165) is 55.7 Å². The van der Waals surface area contributed by atoms with Crippen LogP contribution in [0.4, 0.5) is 5.82 Å². The molecule has 0 aliphatic carbocycles. The normalized spacial score (nSPS) is 22.0. The van der Waals surface area contributed by atoms with E-state index in [2.05, 4.69) is 38.0 Å². The van der Waals surface area contributed by atoms with Crippen LogP contribution in [0.3, 0.4) is 0 Å². The number of rotatable bonds is 4. The van der Waals surface area contributed by atoms with Gasteiger partial charge in [-0.3, -0.25) is 4.90 Å². The Balaban J connectivity index is 1.74. The predicted octanol–water partition coefficient (Wildman–Crippen LogP) is 3.23. The van der Waals surface area contributed by atoms with Crippen LogP contribution in [0.1, 0.15) is 37.7 Å². The predicted molar refractivity (Wildman–Crippen MR) is 101 cm³/mol. The minimum atomic E-state index is 0.125. The number of halogens is 1. The summed E-state index contributed by atoms with van der Waals surface area (Å²) in [6.45, 7) is 4.27. The quantitative estimate of drug-likeness (QED) is 0.848. The van der Waals surface area contributed by atoms with Crippen molar-refractivity contribution in [3.63, 3.8) is 0 Å². The van der Waals surface area contributed by atoms with Crippen molar-refractivity contribution in [2.75, 3.05) is 31.1 Å². The highest BCUT2D eigenvalue weighted by molar-refractivity contribution is 6.28. The zero-order valence-electron chi connectivity index (χ0n) is 14.5. The average Bonchev–Trinajstić information content (AvgIpc) is 3.11. The second-order valence-electron chi connectivity index (χ2n) is 7.14. The van der Waals surface area contributed by atoms with Crippen LogP contribution in [0.5, 0.6) is 0 Å². The number of benzene rings is 1. The van der Waals surface area contributed by atoms with Crippen LogP contribution in [0.2, 0.25) is 5.28 Å². The van der Waals surface area contributed by atoms with Gasteiger partial charge in [-0.1, -0.05) is 18.6 Å². The Morgan fingerprint density at radius 3 is 2.72 bits per heavy atom. The number of aliphatic hydroxyl groups is 1. The molecule has 2 aliphatic rings. The van der Waals surface area contributed by atoms with Crippen LogP contribution in [0, 0.1) is 0 Å². The molecule has 5 nitrogen and oxygen atoms in total. The summed E-state index contributed by atoms with van der Waals surface area (Å²) in [7, 11) is 0. The van der Waals surface area contributed by atoms with Gasteiger partial charge in [-0.15, -0.1) is 0 Å². The second-order valence-corrected chi connectivity index (χ2v) is 7.48. The van der Waals surface area contributed by atoms with Gasteiger partial charge in [-0.2, -0.15) is 4.98 Å². The van der Waals surface area contributed by atoms with Crippen LogP contribution in [0.15, 0.2) is 18.2 Å². The van der Waals surface area contributed by atoms with E-state index in [1.807, 2.05) is 0 Å². The first-order valence-electron chi connectivity index (χ1n) is 9.31. The molecule has 134 valence electrons.